The van der Waals surface area contributed by atoms with Crippen molar-refractivity contribution >= 4 is 0 Å². The van der Waals surface area contributed by atoms with Gasteiger partial charge in [0.15, 0.2) is 0 Å². The summed E-state index contributed by atoms with van der Waals surface area (Å²) in [5.74, 6) is 0. The predicted molar refractivity (Wildman–Crippen MR) is 45.3 cm³/mol. The lowest BCUT2D eigenvalue weighted by atomic mass is 9.81. The first-order valence-corrected chi connectivity index (χ1v) is 4.36. The van der Waals surface area contributed by atoms with Crippen molar-refractivity contribution in [1.82, 2.24) is 0 Å². The van der Waals surface area contributed by atoms with E-state index in [1.807, 2.05) is 0 Å². The van der Waals surface area contributed by atoms with Gasteiger partial charge in [0.05, 0.1) is 17.2 Å². The van der Waals surface area contributed by atoms with E-state index in [1.54, 1.807) is 0 Å². The number of nitrogens with two attached hydrogens (primary N) is 1. The molecule has 1 aliphatic rings. The van der Waals surface area contributed by atoms with Crippen molar-refractivity contribution in [3.63, 3.8) is 0 Å². The van der Waals surface area contributed by atoms with Crippen LogP contribution in [0.25, 0.3) is 0 Å². The summed E-state index contributed by atoms with van der Waals surface area (Å²) < 4.78 is 0. The van der Waals surface area contributed by atoms with Gasteiger partial charge < -0.3 is 27.4 Å². The largest absolute Gasteiger partial charge is 1.00 e. The Balaban J connectivity index is 0.00000121. The molecule has 0 atom stereocenters. The van der Waals surface area contributed by atoms with Gasteiger partial charge in [-0.2, -0.15) is 0 Å². The molecule has 3 heteroatoms. The molecule has 0 radical (unpaired) electrons. The zero-order valence-electron chi connectivity index (χ0n) is 8.39. The van der Waals surface area contributed by atoms with Crippen LogP contribution in [0.1, 0.15) is 40.5 Å². The van der Waals surface area contributed by atoms with Crippen LogP contribution in [0.4, 0.5) is 0 Å². The molecule has 1 rings (SSSR count). The van der Waals surface area contributed by atoms with Gasteiger partial charge in [0.25, 0.3) is 0 Å². The highest BCUT2D eigenvalue weighted by atomic mass is 79.9. The van der Waals surface area contributed by atoms with Gasteiger partial charge in [-0.25, -0.2) is 0 Å². The summed E-state index contributed by atoms with van der Waals surface area (Å²) in [6, 6.07) is 0. The van der Waals surface area contributed by atoms with Crippen molar-refractivity contribution in [2.75, 3.05) is 0 Å². The van der Waals surface area contributed by atoms with E-state index in [4.69, 9.17) is 0 Å². The van der Waals surface area contributed by atoms with Crippen LogP contribution in [0.15, 0.2) is 0 Å². The van der Waals surface area contributed by atoms with Crippen molar-refractivity contribution in [1.29, 1.82) is 0 Å². The highest BCUT2D eigenvalue weighted by Crippen LogP contribution is 2.20. The van der Waals surface area contributed by atoms with Crippen molar-refractivity contribution in [2.24, 2.45) is 0 Å². The molecule has 1 aliphatic heterocycles. The van der Waals surface area contributed by atoms with E-state index < -0.39 is 0 Å². The van der Waals surface area contributed by atoms with Crippen LogP contribution in [0.5, 0.6) is 0 Å². The molecule has 12 heavy (non-hydrogen) atoms. The molecule has 0 aromatic rings. The van der Waals surface area contributed by atoms with Crippen LogP contribution in [0, 0.1) is 0 Å². The molecule has 0 amide bonds. The topological polar surface area (TPSA) is 36.8 Å². The quantitative estimate of drug-likeness (QED) is 0.472. The molecule has 0 aromatic carbocycles. The summed E-state index contributed by atoms with van der Waals surface area (Å²) in [6.45, 7) is 8.77. The Kier molecular flexibility index (Phi) is 3.76. The van der Waals surface area contributed by atoms with Gasteiger partial charge in [-0.1, -0.05) is 0 Å². The first-order chi connectivity index (χ1) is 4.81. The number of aliphatic hydroxyl groups is 1. The van der Waals surface area contributed by atoms with E-state index in [1.165, 1.54) is 0 Å². The minimum Gasteiger partial charge on any atom is -1.00 e. The van der Waals surface area contributed by atoms with E-state index in [0.29, 0.717) is 0 Å². The van der Waals surface area contributed by atoms with Crippen LogP contribution >= 0.6 is 0 Å². The number of quaternary nitrogens is 1. The summed E-state index contributed by atoms with van der Waals surface area (Å²) in [5.41, 5.74) is 0.419. The van der Waals surface area contributed by atoms with Crippen LogP contribution in [-0.2, 0) is 0 Å². The third-order valence-electron chi connectivity index (χ3n) is 2.30. The molecule has 0 bridgehead atoms. The fourth-order valence-electron chi connectivity index (χ4n) is 2.46. The standard InChI is InChI=1S/C9H19NO.BrH/c1-8(2)5-7(11)6-9(3,4)10-8;/h7,10-11H,5-6H2,1-4H3;1H. The molecule has 0 aromatic heterocycles. The second-order valence-electron chi connectivity index (χ2n) is 5.18. The molecular weight excluding hydrogens is 218 g/mol. The summed E-state index contributed by atoms with van der Waals surface area (Å²) in [6.07, 6.45) is 1.72. The second-order valence-corrected chi connectivity index (χ2v) is 5.18. The molecule has 0 aliphatic carbocycles. The molecule has 1 saturated heterocycles. The summed E-state index contributed by atoms with van der Waals surface area (Å²) in [4.78, 5) is 0. The number of halogens is 1. The van der Waals surface area contributed by atoms with Crippen LogP contribution < -0.4 is 22.3 Å². The van der Waals surface area contributed by atoms with E-state index in [0.717, 1.165) is 12.8 Å². The Morgan fingerprint density at radius 2 is 1.42 bits per heavy atom. The number of hydrogen-bond acceptors (Lipinski definition) is 1. The van der Waals surface area contributed by atoms with Crippen molar-refractivity contribution < 1.29 is 27.4 Å². The van der Waals surface area contributed by atoms with Crippen LogP contribution in [-0.4, -0.2) is 22.3 Å². The van der Waals surface area contributed by atoms with Crippen LogP contribution in [0.2, 0.25) is 0 Å². The number of hydrogen-bond donors (Lipinski definition) is 2. The highest BCUT2D eigenvalue weighted by Gasteiger charge is 2.40. The highest BCUT2D eigenvalue weighted by molar-refractivity contribution is 4.83. The SMILES string of the molecule is CC1(C)CC(O)CC(C)(C)[NH2+]1.[Br-]. The fraction of sp³-hybridized carbons (Fsp3) is 1.00. The third-order valence-corrected chi connectivity index (χ3v) is 2.30. The van der Waals surface area contributed by atoms with E-state index in [9.17, 15) is 5.11 Å². The Morgan fingerprint density at radius 3 is 1.67 bits per heavy atom. The summed E-state index contributed by atoms with van der Waals surface area (Å²) in [7, 11) is 0. The second kappa shape index (κ2) is 3.64. The van der Waals surface area contributed by atoms with Gasteiger partial charge in [0.2, 0.25) is 0 Å². The van der Waals surface area contributed by atoms with Gasteiger partial charge in [-0.05, 0) is 27.7 Å². The molecule has 2 nitrogen and oxygen atoms in total. The maximum absolute atomic E-state index is 9.56. The first-order valence-electron chi connectivity index (χ1n) is 4.36. The fourth-order valence-corrected chi connectivity index (χ4v) is 2.46. The molecular formula is C9H20BrNO. The molecule has 0 saturated carbocycles. The Labute approximate surface area is 85.5 Å². The van der Waals surface area contributed by atoms with Gasteiger partial charge in [-0.3, -0.25) is 0 Å². The average Bonchev–Trinajstić information content (AvgIpc) is 1.49. The number of aliphatic hydroxyl groups excluding tert-OH is 1. The van der Waals surface area contributed by atoms with E-state index in [-0.39, 0.29) is 34.2 Å². The Bertz CT molecular complexity index is 141. The molecule has 1 heterocycles. The van der Waals surface area contributed by atoms with Crippen molar-refractivity contribution in [2.45, 2.75) is 57.7 Å². The zero-order valence-corrected chi connectivity index (χ0v) is 9.98. The van der Waals surface area contributed by atoms with Crippen molar-refractivity contribution in [3.8, 4) is 0 Å². The summed E-state index contributed by atoms with van der Waals surface area (Å²) in [5, 5.41) is 11.9. The minimum atomic E-state index is -0.106. The van der Waals surface area contributed by atoms with E-state index in [2.05, 4.69) is 33.0 Å². The Morgan fingerprint density at radius 1 is 1.08 bits per heavy atom. The monoisotopic (exact) mass is 237 g/mol. The smallest absolute Gasteiger partial charge is 0.0933 e. The lowest BCUT2D eigenvalue weighted by Gasteiger charge is -2.41. The zero-order chi connectivity index (χ0) is 8.70. The number of piperidine rings is 1. The van der Waals surface area contributed by atoms with Gasteiger partial charge in [-0.15, -0.1) is 0 Å². The predicted octanol–water partition coefficient (Wildman–Crippen LogP) is -2.73. The molecule has 1 fully saturated rings. The molecule has 3 N–H and O–H groups in total. The average molecular weight is 238 g/mol. The third kappa shape index (κ3) is 3.42. The maximum Gasteiger partial charge on any atom is 0.0933 e. The van der Waals surface area contributed by atoms with Crippen molar-refractivity contribution in [3.05, 3.63) is 0 Å². The minimum absolute atomic E-state index is 0. The van der Waals surface area contributed by atoms with Gasteiger partial charge in [0.1, 0.15) is 0 Å². The van der Waals surface area contributed by atoms with Crippen LogP contribution in [0.3, 0.4) is 0 Å². The number of rotatable bonds is 0. The molecule has 74 valence electrons. The van der Waals surface area contributed by atoms with Gasteiger partial charge in [0, 0.05) is 12.8 Å². The maximum atomic E-state index is 9.56. The van der Waals surface area contributed by atoms with Gasteiger partial charge >= 0.3 is 0 Å². The summed E-state index contributed by atoms with van der Waals surface area (Å²) >= 11 is 0. The Hall–Kier alpha value is 0.400. The lowest BCUT2D eigenvalue weighted by molar-refractivity contribution is -0.789. The first kappa shape index (κ1) is 12.4. The molecule has 0 spiro atoms. The molecule has 0 unspecified atom stereocenters. The normalized spacial score (nSPS) is 27.8. The lowest BCUT2D eigenvalue weighted by Crippen LogP contribution is -3.05. The van der Waals surface area contributed by atoms with E-state index >= 15 is 0 Å².